The van der Waals surface area contributed by atoms with Gasteiger partial charge in [-0.1, -0.05) is 56.3 Å². The number of hydrogen-bond donors (Lipinski definition) is 3. The van der Waals surface area contributed by atoms with Gasteiger partial charge in [-0.25, -0.2) is 0 Å². The Bertz CT molecular complexity index is 849. The smallest absolute Gasteiger partial charge is 0.237 e. The lowest BCUT2D eigenvalue weighted by Gasteiger charge is -2.13. The molecule has 0 saturated heterocycles. The van der Waals surface area contributed by atoms with Crippen molar-refractivity contribution in [1.82, 2.24) is 10.3 Å². The number of para-hydroxylation sites is 1. The summed E-state index contributed by atoms with van der Waals surface area (Å²) in [5.74, 6) is 0.381. The largest absolute Gasteiger partial charge is 0.361 e. The molecule has 2 aromatic carbocycles. The Morgan fingerprint density at radius 3 is 2.56 bits per heavy atom. The number of nitrogens with one attached hydrogen (secondary N) is 2. The van der Waals surface area contributed by atoms with Crippen LogP contribution < -0.4 is 11.1 Å². The van der Waals surface area contributed by atoms with E-state index in [9.17, 15) is 4.79 Å². The summed E-state index contributed by atoms with van der Waals surface area (Å²) in [5, 5.41) is 4.05. The van der Waals surface area contributed by atoms with Crippen molar-refractivity contribution in [3.8, 4) is 0 Å². The van der Waals surface area contributed by atoms with Crippen molar-refractivity contribution in [3.63, 3.8) is 0 Å². The second kappa shape index (κ2) is 7.53. The molecule has 0 unspecified atom stereocenters. The van der Waals surface area contributed by atoms with Crippen LogP contribution in [0.4, 0.5) is 0 Å². The van der Waals surface area contributed by atoms with E-state index in [1.165, 1.54) is 5.56 Å². The van der Waals surface area contributed by atoms with Crippen LogP contribution in [0.1, 0.15) is 36.5 Å². The highest BCUT2D eigenvalue weighted by Crippen LogP contribution is 2.19. The molecule has 1 atom stereocenters. The number of hydrogen-bond acceptors (Lipinski definition) is 2. The molecule has 25 heavy (non-hydrogen) atoms. The zero-order valence-corrected chi connectivity index (χ0v) is 14.8. The number of carbonyl (C=O) groups is 1. The Labute approximate surface area is 148 Å². The molecular weight excluding hydrogens is 310 g/mol. The standard InChI is InChI=1S/C21H25N3O/c1-14(2)16-9-7-15(8-10-16)12-24-21(25)19(22)11-17-13-23-20-6-4-3-5-18(17)20/h3-10,13-14,19,23H,11-12,22H2,1-2H3,(H,24,25)/t19-/m0/s1. The van der Waals surface area contributed by atoms with Crippen LogP contribution in [0.3, 0.4) is 0 Å². The fraction of sp³-hybridized carbons (Fsp3) is 0.286. The van der Waals surface area contributed by atoms with Gasteiger partial charge in [-0.3, -0.25) is 4.79 Å². The molecule has 0 fully saturated rings. The monoisotopic (exact) mass is 335 g/mol. The molecule has 3 rings (SSSR count). The number of amides is 1. The van der Waals surface area contributed by atoms with E-state index in [4.69, 9.17) is 5.73 Å². The molecule has 0 spiro atoms. The number of H-pyrrole nitrogens is 1. The molecule has 3 aromatic rings. The maximum atomic E-state index is 12.3. The number of aromatic nitrogens is 1. The molecule has 4 heteroatoms. The SMILES string of the molecule is CC(C)c1ccc(CNC(=O)[C@@H](N)Cc2c[nH]c3ccccc23)cc1. The topological polar surface area (TPSA) is 70.9 Å². The van der Waals surface area contributed by atoms with E-state index in [2.05, 4.69) is 48.4 Å². The Hall–Kier alpha value is -2.59. The maximum Gasteiger partial charge on any atom is 0.237 e. The normalized spacial score (nSPS) is 12.5. The van der Waals surface area contributed by atoms with Crippen LogP contribution in [-0.4, -0.2) is 16.9 Å². The Kier molecular flexibility index (Phi) is 5.19. The summed E-state index contributed by atoms with van der Waals surface area (Å²) in [6.45, 7) is 4.83. The van der Waals surface area contributed by atoms with E-state index >= 15 is 0 Å². The highest BCUT2D eigenvalue weighted by Gasteiger charge is 2.16. The molecule has 0 aliphatic rings. The lowest BCUT2D eigenvalue weighted by Crippen LogP contribution is -2.41. The van der Waals surface area contributed by atoms with Gasteiger partial charge >= 0.3 is 0 Å². The first-order valence-electron chi connectivity index (χ1n) is 8.71. The molecule has 1 heterocycles. The van der Waals surface area contributed by atoms with Crippen molar-refractivity contribution in [2.24, 2.45) is 5.73 Å². The van der Waals surface area contributed by atoms with E-state index in [-0.39, 0.29) is 5.91 Å². The zero-order valence-electron chi connectivity index (χ0n) is 14.8. The van der Waals surface area contributed by atoms with Crippen molar-refractivity contribution < 1.29 is 4.79 Å². The summed E-state index contributed by atoms with van der Waals surface area (Å²) in [6, 6.07) is 15.8. The van der Waals surface area contributed by atoms with Gasteiger partial charge in [0.2, 0.25) is 5.91 Å². The van der Waals surface area contributed by atoms with E-state index in [1.807, 2.05) is 30.5 Å². The minimum absolute atomic E-state index is 0.127. The first kappa shape index (κ1) is 17.2. The van der Waals surface area contributed by atoms with E-state index in [0.717, 1.165) is 22.0 Å². The predicted octanol–water partition coefficient (Wildman–Crippen LogP) is 3.48. The molecule has 1 aromatic heterocycles. The number of aromatic amines is 1. The zero-order chi connectivity index (χ0) is 17.8. The van der Waals surface area contributed by atoms with Gasteiger partial charge in [0, 0.05) is 23.6 Å². The average molecular weight is 335 g/mol. The van der Waals surface area contributed by atoms with Crippen LogP contribution in [0.2, 0.25) is 0 Å². The third kappa shape index (κ3) is 4.09. The molecule has 1 amide bonds. The van der Waals surface area contributed by atoms with Gasteiger partial charge in [0.25, 0.3) is 0 Å². The highest BCUT2D eigenvalue weighted by molar-refractivity contribution is 5.86. The summed E-state index contributed by atoms with van der Waals surface area (Å²) in [4.78, 5) is 15.5. The van der Waals surface area contributed by atoms with Gasteiger partial charge in [0.15, 0.2) is 0 Å². The van der Waals surface area contributed by atoms with E-state index in [0.29, 0.717) is 18.9 Å². The number of fused-ring (bicyclic) bond motifs is 1. The number of carbonyl (C=O) groups excluding carboxylic acids is 1. The van der Waals surface area contributed by atoms with Gasteiger partial charge in [0.1, 0.15) is 0 Å². The van der Waals surface area contributed by atoms with Gasteiger partial charge in [-0.2, -0.15) is 0 Å². The summed E-state index contributed by atoms with van der Waals surface area (Å²) < 4.78 is 0. The molecule has 130 valence electrons. The average Bonchev–Trinajstić information content (AvgIpc) is 3.03. The lowest BCUT2D eigenvalue weighted by atomic mass is 10.0. The van der Waals surface area contributed by atoms with Crippen molar-refractivity contribution >= 4 is 16.8 Å². The molecule has 4 N–H and O–H groups in total. The van der Waals surface area contributed by atoms with Crippen molar-refractivity contribution in [1.29, 1.82) is 0 Å². The third-order valence-electron chi connectivity index (χ3n) is 4.56. The summed E-state index contributed by atoms with van der Waals surface area (Å²) >= 11 is 0. The van der Waals surface area contributed by atoms with Crippen LogP contribution in [-0.2, 0) is 17.8 Å². The van der Waals surface area contributed by atoms with Crippen LogP contribution in [0, 0.1) is 0 Å². The minimum Gasteiger partial charge on any atom is -0.361 e. The molecule has 0 saturated carbocycles. The first-order valence-corrected chi connectivity index (χ1v) is 8.71. The van der Waals surface area contributed by atoms with Crippen LogP contribution in [0.25, 0.3) is 10.9 Å². The number of rotatable bonds is 6. The second-order valence-corrected chi connectivity index (χ2v) is 6.78. The van der Waals surface area contributed by atoms with Crippen molar-refractivity contribution in [3.05, 3.63) is 71.4 Å². The third-order valence-corrected chi connectivity index (χ3v) is 4.56. The molecule has 0 aliphatic carbocycles. The molecule has 4 nitrogen and oxygen atoms in total. The quantitative estimate of drug-likeness (QED) is 0.645. The van der Waals surface area contributed by atoms with Crippen molar-refractivity contribution in [2.45, 2.75) is 38.8 Å². The number of benzene rings is 2. The van der Waals surface area contributed by atoms with Gasteiger partial charge in [-0.05, 0) is 35.1 Å². The fourth-order valence-corrected chi connectivity index (χ4v) is 2.97. The minimum atomic E-state index is -0.561. The molecular formula is C21H25N3O. The Morgan fingerprint density at radius 2 is 1.84 bits per heavy atom. The molecule has 0 bridgehead atoms. The van der Waals surface area contributed by atoms with Crippen LogP contribution >= 0.6 is 0 Å². The van der Waals surface area contributed by atoms with Crippen LogP contribution in [0.15, 0.2) is 54.7 Å². The van der Waals surface area contributed by atoms with E-state index in [1.54, 1.807) is 0 Å². The van der Waals surface area contributed by atoms with Gasteiger partial charge in [0.05, 0.1) is 6.04 Å². The lowest BCUT2D eigenvalue weighted by molar-refractivity contribution is -0.122. The number of nitrogens with two attached hydrogens (primary N) is 1. The second-order valence-electron chi connectivity index (χ2n) is 6.78. The van der Waals surface area contributed by atoms with Gasteiger partial charge in [-0.15, -0.1) is 0 Å². The van der Waals surface area contributed by atoms with Gasteiger partial charge < -0.3 is 16.0 Å². The van der Waals surface area contributed by atoms with E-state index < -0.39 is 6.04 Å². The Morgan fingerprint density at radius 1 is 1.12 bits per heavy atom. The summed E-state index contributed by atoms with van der Waals surface area (Å²) in [5.41, 5.74) is 10.6. The fourth-order valence-electron chi connectivity index (χ4n) is 2.97. The first-order chi connectivity index (χ1) is 12.0. The van der Waals surface area contributed by atoms with Crippen molar-refractivity contribution in [2.75, 3.05) is 0 Å². The maximum absolute atomic E-state index is 12.3. The summed E-state index contributed by atoms with van der Waals surface area (Å²) in [7, 11) is 0. The Balaban J connectivity index is 1.57. The summed E-state index contributed by atoms with van der Waals surface area (Å²) in [6.07, 6.45) is 2.45. The predicted molar refractivity (Wildman–Crippen MR) is 102 cm³/mol. The molecule has 0 radical (unpaired) electrons. The van der Waals surface area contributed by atoms with Crippen LogP contribution in [0.5, 0.6) is 0 Å². The highest BCUT2D eigenvalue weighted by atomic mass is 16.2. The molecule has 0 aliphatic heterocycles.